The van der Waals surface area contributed by atoms with Crippen LogP contribution in [0.3, 0.4) is 0 Å². The van der Waals surface area contributed by atoms with Crippen molar-refractivity contribution in [3.05, 3.63) is 64.9 Å². The first-order valence-corrected chi connectivity index (χ1v) is 7.05. The molecule has 0 unspecified atom stereocenters. The summed E-state index contributed by atoms with van der Waals surface area (Å²) in [4.78, 5) is 16.3. The van der Waals surface area contributed by atoms with Gasteiger partial charge in [-0.1, -0.05) is 17.7 Å². The minimum absolute atomic E-state index is 0.183. The van der Waals surface area contributed by atoms with E-state index in [4.69, 9.17) is 11.6 Å². The maximum absolute atomic E-state index is 14.0. The average Bonchev–Trinajstić information content (AvgIpc) is 2.53. The van der Waals surface area contributed by atoms with E-state index in [0.717, 1.165) is 5.39 Å². The molecule has 0 aliphatic heterocycles. The number of fused-ring (bicyclic) bond motifs is 1. The Morgan fingerprint density at radius 3 is 2.73 bits per heavy atom. The van der Waals surface area contributed by atoms with Gasteiger partial charge in [0.1, 0.15) is 5.82 Å². The number of aromatic nitrogens is 1. The number of nitrogens with one attached hydrogen (secondary N) is 1. The molecule has 0 aliphatic carbocycles. The van der Waals surface area contributed by atoms with Crippen LogP contribution in [0.25, 0.3) is 22.2 Å². The minimum atomic E-state index is -0.429. The van der Waals surface area contributed by atoms with Crippen LogP contribution in [0, 0.1) is 5.82 Å². The molecule has 1 heterocycles. The Morgan fingerprint density at radius 1 is 1.18 bits per heavy atom. The van der Waals surface area contributed by atoms with Crippen LogP contribution in [-0.2, 0) is 0 Å². The van der Waals surface area contributed by atoms with E-state index in [9.17, 15) is 9.18 Å². The van der Waals surface area contributed by atoms with Gasteiger partial charge < -0.3 is 5.32 Å². The molecule has 0 saturated heterocycles. The third-order valence-corrected chi connectivity index (χ3v) is 3.65. The van der Waals surface area contributed by atoms with Crippen LogP contribution < -0.4 is 5.32 Å². The van der Waals surface area contributed by atoms with E-state index < -0.39 is 5.82 Å². The van der Waals surface area contributed by atoms with Gasteiger partial charge in [-0.3, -0.25) is 4.79 Å². The van der Waals surface area contributed by atoms with Crippen molar-refractivity contribution in [1.82, 2.24) is 10.3 Å². The number of carbonyl (C=O) groups excluding carboxylic acids is 1. The van der Waals surface area contributed by atoms with Crippen LogP contribution in [0.1, 0.15) is 10.4 Å². The van der Waals surface area contributed by atoms with E-state index in [1.807, 2.05) is 0 Å². The van der Waals surface area contributed by atoms with E-state index >= 15 is 0 Å². The molecular formula is C17H12ClFN2O. The maximum atomic E-state index is 14.0. The summed E-state index contributed by atoms with van der Waals surface area (Å²) in [6, 6.07) is 13.2. The van der Waals surface area contributed by atoms with Crippen LogP contribution in [0.15, 0.2) is 48.5 Å². The van der Waals surface area contributed by atoms with Gasteiger partial charge in [-0.2, -0.15) is 0 Å². The number of carbonyl (C=O) groups is 1. The Kier molecular flexibility index (Phi) is 3.77. The standard InChI is InChI=1S/C17H12ClFN2O/c1-20-17(22)12-3-2-4-15-11(12)7-8-16(21-15)13-6-5-10(18)9-14(13)19/h2-9H,1H3,(H,20,22). The SMILES string of the molecule is CNC(=O)c1cccc2nc(-c3ccc(Cl)cc3F)ccc12. The summed E-state index contributed by atoms with van der Waals surface area (Å²) in [6.07, 6.45) is 0. The molecule has 3 rings (SSSR count). The van der Waals surface area contributed by atoms with Crippen molar-refractivity contribution in [3.8, 4) is 11.3 Å². The quantitative estimate of drug-likeness (QED) is 0.775. The second-order valence-corrected chi connectivity index (χ2v) is 5.21. The first-order valence-electron chi connectivity index (χ1n) is 6.67. The predicted octanol–water partition coefficient (Wildman–Crippen LogP) is 4.05. The number of hydrogen-bond donors (Lipinski definition) is 1. The molecule has 1 amide bonds. The molecule has 2 aromatic carbocycles. The second kappa shape index (κ2) is 5.73. The Hall–Kier alpha value is -2.46. The molecule has 5 heteroatoms. The largest absolute Gasteiger partial charge is 0.355 e. The van der Waals surface area contributed by atoms with E-state index in [2.05, 4.69) is 10.3 Å². The predicted molar refractivity (Wildman–Crippen MR) is 85.5 cm³/mol. The van der Waals surface area contributed by atoms with Crippen molar-refractivity contribution < 1.29 is 9.18 Å². The van der Waals surface area contributed by atoms with Crippen molar-refractivity contribution >= 4 is 28.4 Å². The highest BCUT2D eigenvalue weighted by Gasteiger charge is 2.12. The molecule has 1 N–H and O–H groups in total. The lowest BCUT2D eigenvalue weighted by Gasteiger charge is -2.08. The molecule has 0 saturated carbocycles. The minimum Gasteiger partial charge on any atom is -0.355 e. The zero-order valence-corrected chi connectivity index (χ0v) is 12.5. The highest BCUT2D eigenvalue weighted by Crippen LogP contribution is 2.26. The summed E-state index contributed by atoms with van der Waals surface area (Å²) in [5.41, 5.74) is 2.04. The summed E-state index contributed by atoms with van der Waals surface area (Å²) in [6.45, 7) is 0. The third kappa shape index (κ3) is 2.53. The molecule has 22 heavy (non-hydrogen) atoms. The molecule has 1 aromatic heterocycles. The van der Waals surface area contributed by atoms with Crippen LogP contribution in [0.4, 0.5) is 4.39 Å². The van der Waals surface area contributed by atoms with Gasteiger partial charge in [-0.25, -0.2) is 9.37 Å². The summed E-state index contributed by atoms with van der Waals surface area (Å²) in [5.74, 6) is -0.611. The first-order chi connectivity index (χ1) is 10.6. The van der Waals surface area contributed by atoms with Gasteiger partial charge in [-0.05, 0) is 42.5 Å². The highest BCUT2D eigenvalue weighted by atomic mass is 35.5. The van der Waals surface area contributed by atoms with Gasteiger partial charge in [0.05, 0.1) is 11.2 Å². The molecular weight excluding hydrogens is 303 g/mol. The molecule has 0 atom stereocenters. The number of amides is 1. The highest BCUT2D eigenvalue weighted by molar-refractivity contribution is 6.30. The van der Waals surface area contributed by atoms with Gasteiger partial charge in [-0.15, -0.1) is 0 Å². The monoisotopic (exact) mass is 314 g/mol. The molecule has 0 spiro atoms. The Morgan fingerprint density at radius 2 is 2.00 bits per heavy atom. The van der Waals surface area contributed by atoms with Gasteiger partial charge in [0, 0.05) is 28.6 Å². The van der Waals surface area contributed by atoms with Crippen molar-refractivity contribution in [3.63, 3.8) is 0 Å². The number of halogens is 2. The van der Waals surface area contributed by atoms with E-state index in [0.29, 0.717) is 27.4 Å². The van der Waals surface area contributed by atoms with Gasteiger partial charge in [0.25, 0.3) is 5.91 Å². The lowest BCUT2D eigenvalue weighted by Crippen LogP contribution is -2.18. The summed E-state index contributed by atoms with van der Waals surface area (Å²) in [5, 5.41) is 3.65. The molecule has 0 radical (unpaired) electrons. The fourth-order valence-electron chi connectivity index (χ4n) is 2.33. The van der Waals surface area contributed by atoms with E-state index in [1.165, 1.54) is 6.07 Å². The molecule has 0 fully saturated rings. The number of rotatable bonds is 2. The van der Waals surface area contributed by atoms with Crippen molar-refractivity contribution in [2.75, 3.05) is 7.05 Å². The van der Waals surface area contributed by atoms with Crippen LogP contribution >= 0.6 is 11.6 Å². The molecule has 3 aromatic rings. The topological polar surface area (TPSA) is 42.0 Å². The Bertz CT molecular complexity index is 880. The van der Waals surface area contributed by atoms with Crippen molar-refractivity contribution in [2.45, 2.75) is 0 Å². The number of benzene rings is 2. The van der Waals surface area contributed by atoms with Crippen LogP contribution in [0.5, 0.6) is 0 Å². The molecule has 0 bridgehead atoms. The Labute approximate surface area is 131 Å². The zero-order chi connectivity index (χ0) is 15.7. The number of hydrogen-bond acceptors (Lipinski definition) is 2. The van der Waals surface area contributed by atoms with Gasteiger partial charge in [0.15, 0.2) is 0 Å². The summed E-state index contributed by atoms with van der Waals surface area (Å²) < 4.78 is 14.0. The maximum Gasteiger partial charge on any atom is 0.251 e. The fourth-order valence-corrected chi connectivity index (χ4v) is 2.49. The lowest BCUT2D eigenvalue weighted by molar-refractivity contribution is 0.0964. The smallest absolute Gasteiger partial charge is 0.251 e. The molecule has 110 valence electrons. The fraction of sp³-hybridized carbons (Fsp3) is 0.0588. The average molecular weight is 315 g/mol. The number of pyridine rings is 1. The second-order valence-electron chi connectivity index (χ2n) is 4.77. The molecule has 0 aliphatic rings. The Balaban J connectivity index is 2.17. The lowest BCUT2D eigenvalue weighted by atomic mass is 10.0. The normalized spacial score (nSPS) is 10.7. The molecule has 3 nitrogen and oxygen atoms in total. The van der Waals surface area contributed by atoms with Crippen molar-refractivity contribution in [1.29, 1.82) is 0 Å². The van der Waals surface area contributed by atoms with Gasteiger partial charge >= 0.3 is 0 Å². The van der Waals surface area contributed by atoms with Gasteiger partial charge in [0.2, 0.25) is 0 Å². The summed E-state index contributed by atoms with van der Waals surface area (Å²) >= 11 is 5.77. The number of nitrogens with zero attached hydrogens (tertiary/aromatic N) is 1. The zero-order valence-electron chi connectivity index (χ0n) is 11.7. The third-order valence-electron chi connectivity index (χ3n) is 3.41. The van der Waals surface area contributed by atoms with Crippen molar-refractivity contribution in [2.24, 2.45) is 0 Å². The summed E-state index contributed by atoms with van der Waals surface area (Å²) in [7, 11) is 1.58. The van der Waals surface area contributed by atoms with Crippen LogP contribution in [0.2, 0.25) is 5.02 Å². The first kappa shape index (κ1) is 14.5. The van der Waals surface area contributed by atoms with E-state index in [-0.39, 0.29) is 5.91 Å². The van der Waals surface area contributed by atoms with Crippen LogP contribution in [-0.4, -0.2) is 17.9 Å². The van der Waals surface area contributed by atoms with E-state index in [1.54, 1.807) is 49.5 Å².